The van der Waals surface area contributed by atoms with E-state index in [1.54, 1.807) is 61.8 Å². The Balaban J connectivity index is 1.12. The Morgan fingerprint density at radius 2 is 1.73 bits per heavy atom. The molecular formula is C47H42ClFN6O8. The van der Waals surface area contributed by atoms with Crippen LogP contribution in [0.15, 0.2) is 108 Å². The van der Waals surface area contributed by atoms with Crippen LogP contribution in [0.25, 0.3) is 44.9 Å². The third kappa shape index (κ3) is 9.21. The number of ether oxygens (including phenoxy) is 5. The largest absolute Gasteiger partial charge is 0.496 e. The van der Waals surface area contributed by atoms with Gasteiger partial charge in [-0.3, -0.25) is 4.90 Å². The van der Waals surface area contributed by atoms with Gasteiger partial charge >= 0.3 is 5.97 Å². The summed E-state index contributed by atoms with van der Waals surface area (Å²) in [5, 5.41) is 11.3. The summed E-state index contributed by atoms with van der Waals surface area (Å²) in [6, 6.07) is 25.6. The van der Waals surface area contributed by atoms with E-state index >= 15 is 0 Å². The third-order valence-electron chi connectivity index (χ3n) is 11.0. The molecule has 0 saturated carbocycles. The zero-order chi connectivity index (χ0) is 43.5. The number of aromatic nitrogens is 4. The number of aliphatic carboxylic acids is 1. The SMILES string of the molecule is COc1ccccc1-c1nccc(COc2ccc3cc2C[C@H](C(=O)O)Oc2ncnc4oc(-c5ccc(F)cc5)c(c24)-c2ccc(c(Cl)c2)O[C@H](CN2CCN(C)CC2)CO3)n1. The number of methoxy groups -OCH3 is 1. The first-order chi connectivity index (χ1) is 30.7. The fourth-order valence-electron chi connectivity index (χ4n) is 7.69. The van der Waals surface area contributed by atoms with E-state index in [4.69, 9.17) is 44.7 Å². The van der Waals surface area contributed by atoms with Gasteiger partial charge < -0.3 is 38.1 Å². The number of carbonyl (C=O) groups is 1. The number of furan rings is 1. The highest BCUT2D eigenvalue weighted by atomic mass is 35.5. The van der Waals surface area contributed by atoms with Crippen molar-refractivity contribution < 1.29 is 42.4 Å². The van der Waals surface area contributed by atoms with Crippen LogP contribution in [0.1, 0.15) is 11.3 Å². The van der Waals surface area contributed by atoms with Gasteiger partial charge in [0, 0.05) is 62.0 Å². The molecule has 0 aliphatic carbocycles. The van der Waals surface area contributed by atoms with Crippen molar-refractivity contribution in [2.75, 3.05) is 53.5 Å². The van der Waals surface area contributed by atoms with Gasteiger partial charge in [0.25, 0.3) is 0 Å². The third-order valence-corrected chi connectivity index (χ3v) is 11.3. The van der Waals surface area contributed by atoms with Crippen LogP contribution in [0.3, 0.4) is 0 Å². The summed E-state index contributed by atoms with van der Waals surface area (Å²) in [4.78, 5) is 35.8. The summed E-state index contributed by atoms with van der Waals surface area (Å²) in [5.41, 5.74) is 3.49. The lowest BCUT2D eigenvalue weighted by Crippen LogP contribution is -2.49. The van der Waals surface area contributed by atoms with Crippen LogP contribution in [0, 0.1) is 5.82 Å². The second kappa shape index (κ2) is 18.3. The minimum atomic E-state index is -1.48. The van der Waals surface area contributed by atoms with Gasteiger partial charge in [0.05, 0.1) is 23.4 Å². The van der Waals surface area contributed by atoms with Crippen LogP contribution in [0.5, 0.6) is 28.9 Å². The van der Waals surface area contributed by atoms with Gasteiger partial charge in [-0.25, -0.2) is 29.1 Å². The molecule has 14 nitrogen and oxygen atoms in total. The number of halogens is 2. The van der Waals surface area contributed by atoms with Crippen molar-refractivity contribution in [3.8, 4) is 62.7 Å². The lowest BCUT2D eigenvalue weighted by atomic mass is 9.99. The van der Waals surface area contributed by atoms with Gasteiger partial charge in [0.1, 0.15) is 65.6 Å². The van der Waals surface area contributed by atoms with Crippen molar-refractivity contribution in [2.24, 2.45) is 0 Å². The molecule has 0 unspecified atom stereocenters. The van der Waals surface area contributed by atoms with Gasteiger partial charge in [-0.15, -0.1) is 0 Å². The van der Waals surface area contributed by atoms with Gasteiger partial charge in [-0.05, 0) is 85.4 Å². The number of hydrogen-bond donors (Lipinski definition) is 1. The number of benzene rings is 4. The Bertz CT molecular complexity index is 2760. The van der Waals surface area contributed by atoms with E-state index < -0.39 is 24.0 Å². The second-order valence-electron chi connectivity index (χ2n) is 15.3. The lowest BCUT2D eigenvalue weighted by molar-refractivity contribution is -0.145. The molecule has 7 aromatic rings. The molecule has 3 aliphatic rings. The molecule has 0 spiro atoms. The molecule has 4 aromatic carbocycles. The molecule has 16 heteroatoms. The summed E-state index contributed by atoms with van der Waals surface area (Å²) >= 11 is 7.02. The molecule has 1 N–H and O–H groups in total. The van der Waals surface area contributed by atoms with E-state index in [0.717, 1.165) is 31.7 Å². The van der Waals surface area contributed by atoms with E-state index in [9.17, 15) is 14.3 Å². The molecule has 0 radical (unpaired) electrons. The number of para-hydroxylation sites is 1. The number of rotatable bonds is 9. The number of nitrogens with zero attached hydrogens (tertiary/aromatic N) is 6. The van der Waals surface area contributed by atoms with Gasteiger partial charge in [0.2, 0.25) is 17.7 Å². The molecule has 322 valence electrons. The lowest BCUT2D eigenvalue weighted by Gasteiger charge is -2.34. The highest BCUT2D eigenvalue weighted by Gasteiger charge is 2.30. The number of likely N-dealkylation sites (N-methyl/N-ethyl adjacent to an activating group) is 1. The van der Waals surface area contributed by atoms with Crippen LogP contribution < -0.4 is 23.7 Å². The molecule has 4 bridgehead atoms. The van der Waals surface area contributed by atoms with Crippen molar-refractivity contribution in [1.29, 1.82) is 0 Å². The number of hydrogen-bond acceptors (Lipinski definition) is 13. The summed E-state index contributed by atoms with van der Waals surface area (Å²) in [5.74, 6) is 0.965. The first-order valence-corrected chi connectivity index (χ1v) is 20.7. The smallest absolute Gasteiger partial charge is 0.345 e. The number of carboxylic acid groups (broad SMARTS) is 1. The second-order valence-corrected chi connectivity index (χ2v) is 15.7. The molecule has 3 aliphatic heterocycles. The van der Waals surface area contributed by atoms with Crippen molar-refractivity contribution in [2.45, 2.75) is 25.2 Å². The summed E-state index contributed by atoms with van der Waals surface area (Å²) in [7, 11) is 3.69. The molecule has 63 heavy (non-hydrogen) atoms. The average Bonchev–Trinajstić information content (AvgIpc) is 3.69. The Morgan fingerprint density at radius 3 is 2.52 bits per heavy atom. The van der Waals surface area contributed by atoms with E-state index in [1.165, 1.54) is 18.5 Å². The average molecular weight is 873 g/mol. The van der Waals surface area contributed by atoms with Gasteiger partial charge in [-0.1, -0.05) is 29.8 Å². The number of piperazine rings is 1. The quantitative estimate of drug-likeness (QED) is 0.150. The molecule has 1 fully saturated rings. The van der Waals surface area contributed by atoms with Gasteiger partial charge in [0.15, 0.2) is 5.82 Å². The normalized spacial score (nSPS) is 17.0. The first-order valence-electron chi connectivity index (χ1n) is 20.3. The van der Waals surface area contributed by atoms with E-state index in [-0.39, 0.29) is 31.2 Å². The predicted octanol–water partition coefficient (Wildman–Crippen LogP) is 7.86. The van der Waals surface area contributed by atoms with Crippen molar-refractivity contribution in [1.82, 2.24) is 29.7 Å². The molecule has 1 saturated heterocycles. The molecule has 2 atom stereocenters. The monoisotopic (exact) mass is 872 g/mol. The zero-order valence-corrected chi connectivity index (χ0v) is 35.1. The number of carboxylic acids is 1. The molecule has 0 amide bonds. The Morgan fingerprint density at radius 1 is 0.921 bits per heavy atom. The van der Waals surface area contributed by atoms with Crippen molar-refractivity contribution >= 4 is 28.7 Å². The zero-order valence-electron chi connectivity index (χ0n) is 34.4. The van der Waals surface area contributed by atoms with Crippen molar-refractivity contribution in [3.05, 3.63) is 126 Å². The predicted molar refractivity (Wildman–Crippen MR) is 232 cm³/mol. The molecule has 6 heterocycles. The van der Waals surface area contributed by atoms with Crippen molar-refractivity contribution in [3.63, 3.8) is 0 Å². The summed E-state index contributed by atoms with van der Waals surface area (Å²) in [6.07, 6.45) is 0.774. The van der Waals surface area contributed by atoms with Crippen LogP contribution >= 0.6 is 11.6 Å². The maximum absolute atomic E-state index is 14.2. The highest BCUT2D eigenvalue weighted by Crippen LogP contribution is 2.45. The van der Waals surface area contributed by atoms with E-state index in [2.05, 4.69) is 31.8 Å². The number of fused-ring (bicyclic) bond motifs is 7. The van der Waals surface area contributed by atoms with Gasteiger partial charge in [-0.2, -0.15) is 0 Å². The minimum Gasteiger partial charge on any atom is -0.496 e. The fraction of sp³-hybridized carbons (Fsp3) is 0.255. The molecular weight excluding hydrogens is 831 g/mol. The Labute approximate surface area is 366 Å². The highest BCUT2D eigenvalue weighted by molar-refractivity contribution is 6.32. The van der Waals surface area contributed by atoms with E-state index in [0.29, 0.717) is 79.5 Å². The van der Waals surface area contributed by atoms with Crippen LogP contribution in [-0.4, -0.2) is 107 Å². The van der Waals surface area contributed by atoms with Crippen LogP contribution in [-0.2, 0) is 17.8 Å². The van der Waals surface area contributed by atoms with Crippen LogP contribution in [0.2, 0.25) is 5.02 Å². The maximum atomic E-state index is 14.2. The summed E-state index contributed by atoms with van der Waals surface area (Å²) < 4.78 is 51.9. The molecule has 10 rings (SSSR count). The first kappa shape index (κ1) is 41.5. The summed E-state index contributed by atoms with van der Waals surface area (Å²) in [6.45, 7) is 4.28. The topological polar surface area (TPSA) is 155 Å². The Hall–Kier alpha value is -6.81. The minimum absolute atomic E-state index is 0.0342. The maximum Gasteiger partial charge on any atom is 0.345 e. The Kier molecular flexibility index (Phi) is 12.0. The standard InChI is InChI=1S/C47H42ClFN6O8/c1-54-17-19-55(20-18-54)24-34-26-59-33-12-14-37(60-25-32-15-16-50-44(53-32)35-5-3-4-6-38(35)58-2)30(21-33)23-40(47(56)57)62-45-42-41(29-9-13-39(61-34)36(48)22-29)43(63-46(42)52-27-51-45)28-7-10-31(49)11-8-28/h3-16,21-22,27,34,40H,17-20,23-26H2,1-2H3,(H,56,57)/t34-,40-/m1/s1. The molecule has 3 aromatic heterocycles. The fourth-order valence-corrected chi connectivity index (χ4v) is 7.91. The van der Waals surface area contributed by atoms with E-state index in [1.807, 2.05) is 30.3 Å². The van der Waals surface area contributed by atoms with Crippen LogP contribution in [0.4, 0.5) is 4.39 Å².